The highest BCUT2D eigenvalue weighted by Gasteiger charge is 2.08. The molecule has 0 aliphatic carbocycles. The number of benzene rings is 1. The molecule has 0 radical (unpaired) electrons. The van der Waals surface area contributed by atoms with Gasteiger partial charge in [0.25, 0.3) is 0 Å². The number of amides is 1. The van der Waals surface area contributed by atoms with Crippen LogP contribution in [0.1, 0.15) is 0 Å². The van der Waals surface area contributed by atoms with Crippen LogP contribution in [-0.4, -0.2) is 22.7 Å². The molecule has 0 atom stereocenters. The number of carbonyl (C=O) groups excluding carboxylic acids is 1. The number of anilines is 1. The van der Waals surface area contributed by atoms with Crippen LogP contribution in [0.3, 0.4) is 0 Å². The van der Waals surface area contributed by atoms with E-state index in [0.29, 0.717) is 6.00 Å². The zero-order valence-corrected chi connectivity index (χ0v) is 11.3. The molecule has 0 unspecified atom stereocenters. The van der Waals surface area contributed by atoms with Crippen LogP contribution >= 0.6 is 11.6 Å². The first kappa shape index (κ1) is 13.4. The second kappa shape index (κ2) is 5.71. The molecule has 0 fully saturated rings. The Balaban J connectivity index is 2.23. The van der Waals surface area contributed by atoms with E-state index in [1.807, 2.05) is 36.5 Å². The van der Waals surface area contributed by atoms with E-state index >= 15 is 0 Å². The largest absolute Gasteiger partial charge is 0.312 e. The molecule has 0 saturated heterocycles. The minimum Gasteiger partial charge on any atom is -0.312 e. The fraction of sp³-hybridized carbons (Fsp3) is 0.143. The van der Waals surface area contributed by atoms with Crippen LogP contribution in [0.25, 0.3) is 11.3 Å². The highest BCUT2D eigenvalue weighted by atomic mass is 35.5. The Morgan fingerprint density at radius 1 is 1.42 bits per heavy atom. The molecule has 2 rings (SSSR count). The second-order valence-electron chi connectivity index (χ2n) is 4.01. The van der Waals surface area contributed by atoms with Crippen molar-refractivity contribution in [3.63, 3.8) is 0 Å². The molecule has 19 heavy (non-hydrogen) atoms. The third-order valence-electron chi connectivity index (χ3n) is 2.82. The fourth-order valence-corrected chi connectivity index (χ4v) is 1.84. The molecule has 1 amide bonds. The van der Waals surface area contributed by atoms with Crippen molar-refractivity contribution < 1.29 is 4.79 Å². The standard InChI is InChI=1S/C14H14ClN3O/c1-3-14(19)17(2)12-6-4-11(5-7-12)13-8-9-18(10-15)16-13/h3-9H,1,10H2,2H3. The van der Waals surface area contributed by atoms with Gasteiger partial charge in [0.05, 0.1) is 5.69 Å². The Morgan fingerprint density at radius 3 is 2.63 bits per heavy atom. The van der Waals surface area contributed by atoms with Gasteiger partial charge in [0.15, 0.2) is 0 Å². The van der Waals surface area contributed by atoms with Gasteiger partial charge in [-0.25, -0.2) is 0 Å². The van der Waals surface area contributed by atoms with Crippen LogP contribution in [0, 0.1) is 0 Å². The summed E-state index contributed by atoms with van der Waals surface area (Å²) in [6.07, 6.45) is 3.11. The van der Waals surface area contributed by atoms with Gasteiger partial charge in [0.1, 0.15) is 6.00 Å². The minimum atomic E-state index is -0.140. The summed E-state index contributed by atoms with van der Waals surface area (Å²) in [7, 11) is 1.71. The van der Waals surface area contributed by atoms with Gasteiger partial charge in [-0.1, -0.05) is 18.7 Å². The number of rotatable bonds is 4. The number of halogens is 1. The van der Waals surface area contributed by atoms with Crippen LogP contribution in [0.4, 0.5) is 5.69 Å². The smallest absolute Gasteiger partial charge is 0.250 e. The SMILES string of the molecule is C=CC(=O)N(C)c1ccc(-c2ccn(CCl)n2)cc1. The number of carbonyl (C=O) groups is 1. The molecule has 2 aromatic rings. The molecule has 0 saturated carbocycles. The van der Waals surface area contributed by atoms with Crippen molar-refractivity contribution in [3.05, 3.63) is 49.2 Å². The van der Waals surface area contributed by atoms with E-state index < -0.39 is 0 Å². The number of aromatic nitrogens is 2. The lowest BCUT2D eigenvalue weighted by molar-refractivity contribution is -0.113. The zero-order valence-electron chi connectivity index (χ0n) is 10.6. The van der Waals surface area contributed by atoms with Crippen LogP contribution in [0.2, 0.25) is 0 Å². The number of likely N-dealkylation sites (N-methyl/N-ethyl adjacent to an activating group) is 1. The minimum absolute atomic E-state index is 0.140. The summed E-state index contributed by atoms with van der Waals surface area (Å²) >= 11 is 5.69. The Labute approximate surface area is 116 Å². The summed E-state index contributed by atoms with van der Waals surface area (Å²) in [6.45, 7) is 3.47. The van der Waals surface area contributed by atoms with Gasteiger partial charge in [-0.15, -0.1) is 11.6 Å². The van der Waals surface area contributed by atoms with Crippen molar-refractivity contribution in [2.24, 2.45) is 0 Å². The van der Waals surface area contributed by atoms with E-state index in [1.165, 1.54) is 11.0 Å². The van der Waals surface area contributed by atoms with Gasteiger partial charge in [0.2, 0.25) is 5.91 Å². The summed E-state index contributed by atoms with van der Waals surface area (Å²) in [6, 6.07) is 9.81. The van der Waals surface area contributed by atoms with E-state index in [2.05, 4.69) is 11.7 Å². The molecule has 0 aliphatic rings. The number of alkyl halides is 1. The van der Waals surface area contributed by atoms with Crippen LogP contribution in [-0.2, 0) is 10.8 Å². The maximum Gasteiger partial charge on any atom is 0.250 e. The molecule has 0 spiro atoms. The van der Waals surface area contributed by atoms with Gasteiger partial charge in [0, 0.05) is 24.5 Å². The monoisotopic (exact) mass is 275 g/mol. The van der Waals surface area contributed by atoms with Gasteiger partial charge < -0.3 is 4.90 Å². The van der Waals surface area contributed by atoms with Gasteiger partial charge in [-0.2, -0.15) is 5.10 Å². The predicted molar refractivity (Wildman–Crippen MR) is 77.1 cm³/mol. The molecule has 1 aromatic carbocycles. The van der Waals surface area contributed by atoms with E-state index in [9.17, 15) is 4.79 Å². The summed E-state index contributed by atoms with van der Waals surface area (Å²) < 4.78 is 1.65. The van der Waals surface area contributed by atoms with Crippen molar-refractivity contribution in [2.75, 3.05) is 11.9 Å². The van der Waals surface area contributed by atoms with Crippen molar-refractivity contribution >= 4 is 23.2 Å². The van der Waals surface area contributed by atoms with Gasteiger partial charge in [-0.3, -0.25) is 9.48 Å². The van der Waals surface area contributed by atoms with E-state index in [-0.39, 0.29) is 5.91 Å². The van der Waals surface area contributed by atoms with Crippen LogP contribution < -0.4 is 4.90 Å². The summed E-state index contributed by atoms with van der Waals surface area (Å²) in [4.78, 5) is 13.0. The van der Waals surface area contributed by atoms with Crippen molar-refractivity contribution in [1.82, 2.24) is 9.78 Å². The Bertz CT molecular complexity index is 589. The fourth-order valence-electron chi connectivity index (χ4n) is 1.70. The Kier molecular flexibility index (Phi) is 4.02. The van der Waals surface area contributed by atoms with Crippen molar-refractivity contribution in [3.8, 4) is 11.3 Å². The molecule has 0 aliphatic heterocycles. The Morgan fingerprint density at radius 2 is 2.11 bits per heavy atom. The maximum absolute atomic E-state index is 11.5. The zero-order chi connectivity index (χ0) is 13.8. The molecule has 4 nitrogen and oxygen atoms in total. The lowest BCUT2D eigenvalue weighted by Crippen LogP contribution is -2.23. The van der Waals surface area contributed by atoms with Gasteiger partial charge >= 0.3 is 0 Å². The van der Waals surface area contributed by atoms with Gasteiger partial charge in [-0.05, 0) is 24.3 Å². The third kappa shape index (κ3) is 2.85. The maximum atomic E-state index is 11.5. The number of nitrogens with zero attached hydrogens (tertiary/aromatic N) is 3. The van der Waals surface area contributed by atoms with Crippen LogP contribution in [0.15, 0.2) is 49.2 Å². The number of hydrogen-bond donors (Lipinski definition) is 0. The number of hydrogen-bond acceptors (Lipinski definition) is 2. The molecule has 5 heteroatoms. The third-order valence-corrected chi connectivity index (χ3v) is 3.06. The molecular formula is C14H14ClN3O. The highest BCUT2D eigenvalue weighted by molar-refractivity contribution is 6.15. The summed E-state index contributed by atoms with van der Waals surface area (Å²) in [5.41, 5.74) is 2.64. The van der Waals surface area contributed by atoms with Crippen molar-refractivity contribution in [1.29, 1.82) is 0 Å². The lowest BCUT2D eigenvalue weighted by atomic mass is 10.1. The van der Waals surface area contributed by atoms with E-state index in [4.69, 9.17) is 11.6 Å². The molecule has 1 heterocycles. The molecule has 98 valence electrons. The van der Waals surface area contributed by atoms with Crippen LogP contribution in [0.5, 0.6) is 0 Å². The van der Waals surface area contributed by atoms with Crippen molar-refractivity contribution in [2.45, 2.75) is 6.00 Å². The summed E-state index contributed by atoms with van der Waals surface area (Å²) in [5.74, 6) is -0.140. The topological polar surface area (TPSA) is 38.1 Å². The molecule has 0 bridgehead atoms. The molecule has 0 N–H and O–H groups in total. The average Bonchev–Trinajstić information content (AvgIpc) is 2.94. The Hall–Kier alpha value is -2.07. The quantitative estimate of drug-likeness (QED) is 0.636. The summed E-state index contributed by atoms with van der Waals surface area (Å²) in [5, 5.41) is 4.31. The average molecular weight is 276 g/mol. The first-order valence-corrected chi connectivity index (χ1v) is 6.29. The first-order chi connectivity index (χ1) is 9.15. The lowest BCUT2D eigenvalue weighted by Gasteiger charge is -2.15. The normalized spacial score (nSPS) is 10.2. The predicted octanol–water partition coefficient (Wildman–Crippen LogP) is 2.90. The highest BCUT2D eigenvalue weighted by Crippen LogP contribution is 2.21. The van der Waals surface area contributed by atoms with E-state index in [1.54, 1.807) is 11.7 Å². The molecular weight excluding hydrogens is 262 g/mol. The van der Waals surface area contributed by atoms with E-state index in [0.717, 1.165) is 16.9 Å². The first-order valence-electron chi connectivity index (χ1n) is 5.75. The molecule has 1 aromatic heterocycles. The second-order valence-corrected chi connectivity index (χ2v) is 4.25.